The summed E-state index contributed by atoms with van der Waals surface area (Å²) in [5.74, 6) is -0.658. The number of aryl methyl sites for hydroxylation is 1. The van der Waals surface area contributed by atoms with Crippen LogP contribution in [0.15, 0.2) is 47.6 Å². The van der Waals surface area contributed by atoms with E-state index in [4.69, 9.17) is 4.74 Å². The number of hydrogen-bond acceptors (Lipinski definition) is 7. The van der Waals surface area contributed by atoms with Crippen molar-refractivity contribution in [3.63, 3.8) is 0 Å². The van der Waals surface area contributed by atoms with Crippen LogP contribution in [-0.4, -0.2) is 28.1 Å². The molecule has 2 aromatic carbocycles. The summed E-state index contributed by atoms with van der Waals surface area (Å²) in [6.07, 6.45) is 0. The van der Waals surface area contributed by atoms with E-state index in [1.54, 1.807) is 26.0 Å². The highest BCUT2D eigenvalue weighted by molar-refractivity contribution is 5.99. The van der Waals surface area contributed by atoms with Crippen molar-refractivity contribution in [2.75, 3.05) is 6.61 Å². The van der Waals surface area contributed by atoms with Gasteiger partial charge in [-0.2, -0.15) is 5.10 Å². The van der Waals surface area contributed by atoms with Crippen LogP contribution in [0.25, 0.3) is 0 Å². The fraction of sp³-hybridized carbons (Fsp3) is 0.176. The molecule has 140 valence electrons. The minimum atomic E-state index is -0.630. The van der Waals surface area contributed by atoms with E-state index in [1.807, 2.05) is 0 Å². The second-order valence-electron chi connectivity index (χ2n) is 5.56. The molecule has 0 aliphatic rings. The normalized spacial score (nSPS) is 11.0. The van der Waals surface area contributed by atoms with Gasteiger partial charge in [0.2, 0.25) is 0 Å². The number of amides is 1. The molecule has 0 saturated heterocycles. The molecule has 0 aromatic heterocycles. The predicted molar refractivity (Wildman–Crippen MR) is 96.8 cm³/mol. The number of non-ortho nitro benzene ring substituents is 1. The van der Waals surface area contributed by atoms with Gasteiger partial charge in [0.1, 0.15) is 0 Å². The third kappa shape index (κ3) is 5.33. The van der Waals surface area contributed by atoms with Gasteiger partial charge in [-0.15, -0.1) is 0 Å². The standard InChI is InChI=1S/C17H16N4O6/c1-11-6-7-16(15(8-11)21(25)26)27-10-17(22)19-18-12(2)13-4-3-5-14(9-13)20(23)24/h3-9H,10H2,1-2H3,(H,19,22)/b18-12+. The summed E-state index contributed by atoms with van der Waals surface area (Å²) in [5, 5.41) is 25.7. The molecule has 0 bridgehead atoms. The third-order valence-electron chi connectivity index (χ3n) is 3.49. The molecule has 1 amide bonds. The fourth-order valence-corrected chi connectivity index (χ4v) is 2.12. The van der Waals surface area contributed by atoms with Crippen molar-refractivity contribution in [3.05, 3.63) is 73.8 Å². The number of benzene rings is 2. The number of hydrogen-bond donors (Lipinski definition) is 1. The second kappa shape index (κ2) is 8.52. The summed E-state index contributed by atoms with van der Waals surface area (Å²) < 4.78 is 5.19. The highest BCUT2D eigenvalue weighted by atomic mass is 16.6. The zero-order valence-electron chi connectivity index (χ0n) is 14.5. The van der Waals surface area contributed by atoms with Crippen LogP contribution in [0, 0.1) is 27.2 Å². The summed E-state index contributed by atoms with van der Waals surface area (Å²) in [6, 6.07) is 10.2. The molecular weight excluding hydrogens is 356 g/mol. The van der Waals surface area contributed by atoms with Crippen LogP contribution < -0.4 is 10.2 Å². The van der Waals surface area contributed by atoms with Gasteiger partial charge in [0.15, 0.2) is 12.4 Å². The van der Waals surface area contributed by atoms with Crippen molar-refractivity contribution in [3.8, 4) is 5.75 Å². The minimum Gasteiger partial charge on any atom is -0.477 e. The predicted octanol–water partition coefficient (Wildman–Crippen LogP) is 2.73. The number of ether oxygens (including phenoxy) is 1. The maximum absolute atomic E-state index is 11.9. The number of hydrazone groups is 1. The topological polar surface area (TPSA) is 137 Å². The molecule has 0 aliphatic heterocycles. The van der Waals surface area contributed by atoms with Gasteiger partial charge >= 0.3 is 5.69 Å². The highest BCUT2D eigenvalue weighted by Gasteiger charge is 2.16. The van der Waals surface area contributed by atoms with Crippen molar-refractivity contribution in [2.45, 2.75) is 13.8 Å². The number of nitrogens with zero attached hydrogens (tertiary/aromatic N) is 3. The Balaban J connectivity index is 2.00. The summed E-state index contributed by atoms with van der Waals surface area (Å²) in [4.78, 5) is 32.5. The lowest BCUT2D eigenvalue weighted by atomic mass is 10.1. The average Bonchev–Trinajstić information content (AvgIpc) is 2.64. The van der Waals surface area contributed by atoms with Crippen LogP contribution >= 0.6 is 0 Å². The molecule has 0 heterocycles. The van der Waals surface area contributed by atoms with Gasteiger partial charge in [0.05, 0.1) is 15.6 Å². The van der Waals surface area contributed by atoms with E-state index in [9.17, 15) is 25.0 Å². The van der Waals surface area contributed by atoms with Crippen LogP contribution in [-0.2, 0) is 4.79 Å². The van der Waals surface area contributed by atoms with Gasteiger partial charge in [-0.25, -0.2) is 5.43 Å². The Hall–Kier alpha value is -3.82. The number of nitro groups is 2. The Labute approximate surface area is 153 Å². The van der Waals surface area contributed by atoms with Gasteiger partial charge in [0, 0.05) is 23.8 Å². The van der Waals surface area contributed by atoms with Gasteiger partial charge in [0.25, 0.3) is 11.6 Å². The van der Waals surface area contributed by atoms with Gasteiger partial charge < -0.3 is 4.74 Å². The van der Waals surface area contributed by atoms with E-state index < -0.39 is 22.4 Å². The monoisotopic (exact) mass is 372 g/mol. The molecule has 0 aliphatic carbocycles. The van der Waals surface area contributed by atoms with Crippen molar-refractivity contribution < 1.29 is 19.4 Å². The number of carbonyl (C=O) groups is 1. The van der Waals surface area contributed by atoms with Crippen LogP contribution in [0.3, 0.4) is 0 Å². The van der Waals surface area contributed by atoms with Gasteiger partial charge in [-0.3, -0.25) is 25.0 Å². The summed E-state index contributed by atoms with van der Waals surface area (Å²) in [5.41, 5.74) is 3.43. The molecule has 10 heteroatoms. The molecule has 0 spiro atoms. The molecule has 0 atom stereocenters. The quantitative estimate of drug-likeness (QED) is 0.451. The Morgan fingerprint density at radius 3 is 2.56 bits per heavy atom. The minimum absolute atomic E-state index is 0.0277. The third-order valence-corrected chi connectivity index (χ3v) is 3.49. The van der Waals surface area contributed by atoms with Crippen molar-refractivity contribution in [1.29, 1.82) is 0 Å². The van der Waals surface area contributed by atoms with E-state index in [2.05, 4.69) is 10.5 Å². The smallest absolute Gasteiger partial charge is 0.311 e. The lowest BCUT2D eigenvalue weighted by Crippen LogP contribution is -2.25. The summed E-state index contributed by atoms with van der Waals surface area (Å²) in [6.45, 7) is 2.80. The molecule has 10 nitrogen and oxygen atoms in total. The van der Waals surface area contributed by atoms with Crippen molar-refractivity contribution >= 4 is 23.0 Å². The lowest BCUT2D eigenvalue weighted by molar-refractivity contribution is -0.385. The highest BCUT2D eigenvalue weighted by Crippen LogP contribution is 2.27. The van der Waals surface area contributed by atoms with Crippen LogP contribution in [0.5, 0.6) is 5.75 Å². The van der Waals surface area contributed by atoms with E-state index >= 15 is 0 Å². The molecule has 2 aromatic rings. The molecule has 2 rings (SSSR count). The first kappa shape index (κ1) is 19.5. The second-order valence-corrected chi connectivity index (χ2v) is 5.56. The van der Waals surface area contributed by atoms with Gasteiger partial charge in [-0.05, 0) is 25.5 Å². The van der Waals surface area contributed by atoms with Gasteiger partial charge in [-0.1, -0.05) is 18.2 Å². The SMILES string of the molecule is C/C(=N\NC(=O)COc1ccc(C)cc1[N+](=O)[O-])c1cccc([N+](=O)[O-])c1. The number of rotatable bonds is 7. The largest absolute Gasteiger partial charge is 0.477 e. The Bertz CT molecular complexity index is 925. The van der Waals surface area contributed by atoms with Crippen LogP contribution in [0.2, 0.25) is 0 Å². The van der Waals surface area contributed by atoms with Crippen molar-refractivity contribution in [2.24, 2.45) is 5.10 Å². The maximum atomic E-state index is 11.9. The molecule has 0 saturated carbocycles. The molecule has 0 unspecified atom stereocenters. The molecule has 1 N–H and O–H groups in total. The first-order valence-electron chi connectivity index (χ1n) is 7.73. The Morgan fingerprint density at radius 2 is 1.89 bits per heavy atom. The maximum Gasteiger partial charge on any atom is 0.311 e. The van der Waals surface area contributed by atoms with E-state index in [0.717, 1.165) is 0 Å². The zero-order chi connectivity index (χ0) is 20.0. The first-order chi connectivity index (χ1) is 12.8. The summed E-state index contributed by atoms with van der Waals surface area (Å²) >= 11 is 0. The first-order valence-corrected chi connectivity index (χ1v) is 7.73. The fourth-order valence-electron chi connectivity index (χ4n) is 2.12. The lowest BCUT2D eigenvalue weighted by Gasteiger charge is -2.07. The van der Waals surface area contributed by atoms with E-state index in [-0.39, 0.29) is 17.1 Å². The Morgan fingerprint density at radius 1 is 1.15 bits per heavy atom. The van der Waals surface area contributed by atoms with E-state index in [0.29, 0.717) is 16.8 Å². The molecule has 0 radical (unpaired) electrons. The number of carbonyl (C=O) groups excluding carboxylic acids is 1. The number of nitro benzene ring substituents is 2. The Kier molecular flexibility index (Phi) is 6.15. The van der Waals surface area contributed by atoms with Crippen LogP contribution in [0.4, 0.5) is 11.4 Å². The molecular formula is C17H16N4O6. The molecule has 27 heavy (non-hydrogen) atoms. The molecule has 0 fully saturated rings. The average molecular weight is 372 g/mol. The van der Waals surface area contributed by atoms with Crippen LogP contribution in [0.1, 0.15) is 18.1 Å². The van der Waals surface area contributed by atoms with E-state index in [1.165, 1.54) is 30.3 Å². The summed E-state index contributed by atoms with van der Waals surface area (Å²) in [7, 11) is 0. The zero-order valence-corrected chi connectivity index (χ0v) is 14.5. The van der Waals surface area contributed by atoms with Crippen molar-refractivity contribution in [1.82, 2.24) is 5.43 Å². The number of nitrogens with one attached hydrogen (secondary N) is 1.